The van der Waals surface area contributed by atoms with Gasteiger partial charge < -0.3 is 14.3 Å². The first-order valence-corrected chi connectivity index (χ1v) is 13.2. The molecule has 0 spiro atoms. The Balaban J connectivity index is 1.79. The van der Waals surface area contributed by atoms with Crippen molar-refractivity contribution in [2.45, 2.75) is 53.4 Å². The molecule has 0 unspecified atom stereocenters. The number of aromatic nitrogens is 1. The lowest BCUT2D eigenvalue weighted by atomic mass is 9.45. The molecular weight excluding hydrogens is 443 g/mol. The van der Waals surface area contributed by atoms with Crippen molar-refractivity contribution >= 4 is 29.5 Å². The van der Waals surface area contributed by atoms with Crippen molar-refractivity contribution in [3.8, 4) is 0 Å². The van der Waals surface area contributed by atoms with Crippen LogP contribution in [0.15, 0.2) is 101 Å². The maximum atomic E-state index is 7.01. The lowest BCUT2D eigenvalue weighted by Crippen LogP contribution is -2.63. The molecule has 1 N–H and O–H groups in total. The quantitative estimate of drug-likeness (QED) is 0.412. The molecule has 0 saturated carbocycles. The number of aryl methyl sites for hydroxylation is 1. The molecule has 0 atom stereocenters. The first-order valence-electron chi connectivity index (χ1n) is 13.2. The number of nitrogens with zero attached hydrogens (tertiary/aromatic N) is 1. The predicted octanol–water partition coefficient (Wildman–Crippen LogP) is 6.20. The van der Waals surface area contributed by atoms with Gasteiger partial charge in [0.15, 0.2) is 0 Å². The van der Waals surface area contributed by atoms with E-state index in [9.17, 15) is 0 Å². The van der Waals surface area contributed by atoms with Gasteiger partial charge in [0, 0.05) is 18.5 Å². The molecule has 2 aliphatic heterocycles. The summed E-state index contributed by atoms with van der Waals surface area (Å²) < 4.78 is 14.0. The van der Waals surface area contributed by atoms with Crippen LogP contribution >= 0.6 is 0 Å². The summed E-state index contributed by atoms with van der Waals surface area (Å²) in [5, 5.41) is 0. The van der Waals surface area contributed by atoms with Crippen LogP contribution in [-0.2, 0) is 22.2 Å². The summed E-state index contributed by atoms with van der Waals surface area (Å²) in [6, 6.07) is 20.6. The number of rotatable bonds is 7. The third-order valence-corrected chi connectivity index (χ3v) is 7.38. The SMILES string of the molecule is CCC1=C(CC)/C(=C2\C=C(c3[nH]cc(CC)c3CC)O[B-](c3ccccc3)(c3ccccc3)O2)N=C1. The van der Waals surface area contributed by atoms with Crippen LogP contribution in [0.5, 0.6) is 0 Å². The number of benzene rings is 2. The first-order chi connectivity index (χ1) is 17.6. The summed E-state index contributed by atoms with van der Waals surface area (Å²) in [7, 11) is 0. The Hall–Kier alpha value is -3.73. The Labute approximate surface area is 214 Å². The van der Waals surface area contributed by atoms with Crippen LogP contribution in [0.3, 0.4) is 0 Å². The second kappa shape index (κ2) is 10.1. The van der Waals surface area contributed by atoms with Crippen molar-refractivity contribution in [3.63, 3.8) is 0 Å². The van der Waals surface area contributed by atoms with E-state index in [-0.39, 0.29) is 0 Å². The molecule has 2 aromatic carbocycles. The molecule has 0 amide bonds. The third-order valence-electron chi connectivity index (χ3n) is 7.38. The fourth-order valence-corrected chi connectivity index (χ4v) is 5.50. The minimum absolute atomic E-state index is 0.759. The lowest BCUT2D eigenvalue weighted by molar-refractivity contribution is 0.310. The number of allylic oxidation sites excluding steroid dienone is 3. The molecule has 3 aromatic rings. The maximum Gasteiger partial charge on any atom is 0.406 e. The number of hydrogen-bond acceptors (Lipinski definition) is 3. The van der Waals surface area contributed by atoms with Gasteiger partial charge in [-0.25, -0.2) is 0 Å². The summed E-state index contributed by atoms with van der Waals surface area (Å²) in [6.45, 7) is 6.70. The summed E-state index contributed by atoms with van der Waals surface area (Å²) in [5.74, 6) is 1.55. The van der Waals surface area contributed by atoms with Crippen molar-refractivity contribution < 1.29 is 9.31 Å². The molecule has 36 heavy (non-hydrogen) atoms. The summed E-state index contributed by atoms with van der Waals surface area (Å²) in [6.07, 6.45) is 9.88. The lowest BCUT2D eigenvalue weighted by Gasteiger charge is -2.48. The molecule has 1 aromatic heterocycles. The zero-order valence-corrected chi connectivity index (χ0v) is 21.7. The van der Waals surface area contributed by atoms with Crippen molar-refractivity contribution in [2.75, 3.05) is 0 Å². The van der Waals surface area contributed by atoms with Gasteiger partial charge in [-0.1, -0.05) is 88.4 Å². The van der Waals surface area contributed by atoms with Crippen LogP contribution in [0.1, 0.15) is 57.4 Å². The molecule has 0 aliphatic carbocycles. The highest BCUT2D eigenvalue weighted by Crippen LogP contribution is 2.38. The van der Waals surface area contributed by atoms with Crippen LogP contribution in [0.25, 0.3) is 5.76 Å². The molecule has 4 nitrogen and oxygen atoms in total. The zero-order chi connectivity index (χ0) is 25.1. The summed E-state index contributed by atoms with van der Waals surface area (Å²) >= 11 is 0. The van der Waals surface area contributed by atoms with E-state index >= 15 is 0 Å². The summed E-state index contributed by atoms with van der Waals surface area (Å²) in [4.78, 5) is 8.40. The minimum atomic E-state index is -2.06. The highest BCUT2D eigenvalue weighted by molar-refractivity contribution is 6.93. The predicted molar refractivity (Wildman–Crippen MR) is 151 cm³/mol. The average molecular weight is 477 g/mol. The Morgan fingerprint density at radius 2 is 1.44 bits per heavy atom. The van der Waals surface area contributed by atoms with E-state index in [2.05, 4.69) is 63.1 Å². The van der Waals surface area contributed by atoms with E-state index in [1.54, 1.807) is 0 Å². The fourth-order valence-electron chi connectivity index (χ4n) is 5.50. The molecule has 2 aliphatic rings. The van der Waals surface area contributed by atoms with E-state index in [0.717, 1.165) is 59.5 Å². The smallest absolute Gasteiger partial charge is 0.406 e. The number of aromatic amines is 1. The van der Waals surface area contributed by atoms with Gasteiger partial charge >= 0.3 is 6.55 Å². The fraction of sp³-hybridized carbons (Fsp3) is 0.258. The topological polar surface area (TPSA) is 46.6 Å². The van der Waals surface area contributed by atoms with Gasteiger partial charge in [0.1, 0.15) is 11.5 Å². The van der Waals surface area contributed by atoms with Gasteiger partial charge in [-0.2, -0.15) is 0 Å². The molecular formula is C31H34BN2O2-. The molecule has 3 heterocycles. The Morgan fingerprint density at radius 1 is 0.778 bits per heavy atom. The van der Waals surface area contributed by atoms with E-state index < -0.39 is 6.55 Å². The van der Waals surface area contributed by atoms with Crippen LogP contribution in [-0.4, -0.2) is 17.8 Å². The molecule has 0 fully saturated rings. The molecule has 5 heteroatoms. The Kier molecular flexibility index (Phi) is 6.73. The van der Waals surface area contributed by atoms with Gasteiger partial charge in [-0.3, -0.25) is 4.99 Å². The van der Waals surface area contributed by atoms with Gasteiger partial charge in [0.05, 0.1) is 11.5 Å². The Bertz CT molecular complexity index is 1320. The van der Waals surface area contributed by atoms with Gasteiger partial charge in [0.25, 0.3) is 0 Å². The van der Waals surface area contributed by atoms with E-state index in [1.807, 2.05) is 48.7 Å². The maximum absolute atomic E-state index is 7.01. The van der Waals surface area contributed by atoms with Gasteiger partial charge in [0.2, 0.25) is 0 Å². The standard InChI is InChI=1S/C31H34BN2O2/c1-5-22-20-33-30(26(22)7-3)28-19-29(31-27(8-4)23(6-2)21-34-31)36-32(35-28,24-15-11-9-12-16-24)25-17-13-10-14-18-25/h9-21,33H,5-8H2,1-4H3/q-1/b31-29-. The third kappa shape index (κ3) is 4.03. The van der Waals surface area contributed by atoms with Crippen molar-refractivity contribution in [2.24, 2.45) is 4.99 Å². The van der Waals surface area contributed by atoms with Crippen LogP contribution in [0.4, 0.5) is 0 Å². The van der Waals surface area contributed by atoms with E-state index in [1.165, 1.54) is 22.3 Å². The monoisotopic (exact) mass is 477 g/mol. The zero-order valence-electron chi connectivity index (χ0n) is 21.7. The molecule has 0 saturated heterocycles. The molecule has 5 rings (SSSR count). The normalized spacial score (nSPS) is 18.7. The van der Waals surface area contributed by atoms with Crippen LogP contribution in [0, 0.1) is 0 Å². The number of nitrogens with one attached hydrogen (secondary N) is 1. The molecule has 0 bridgehead atoms. The number of hydrogen-bond donors (Lipinski definition) is 1. The van der Waals surface area contributed by atoms with Gasteiger partial charge in [-0.05, 0) is 48.0 Å². The summed E-state index contributed by atoms with van der Waals surface area (Å²) in [5.41, 5.74) is 9.03. The van der Waals surface area contributed by atoms with E-state index in [0.29, 0.717) is 0 Å². The molecule has 184 valence electrons. The first kappa shape index (κ1) is 24.0. The highest BCUT2D eigenvalue weighted by atomic mass is 16.6. The second-order valence-corrected chi connectivity index (χ2v) is 9.33. The van der Waals surface area contributed by atoms with Crippen LogP contribution < -0.4 is 10.9 Å². The number of H-pyrrole nitrogens is 1. The Morgan fingerprint density at radius 3 is 2.00 bits per heavy atom. The minimum Gasteiger partial charge on any atom is -0.674 e. The largest absolute Gasteiger partial charge is 0.674 e. The van der Waals surface area contributed by atoms with Crippen molar-refractivity contribution in [1.29, 1.82) is 0 Å². The van der Waals surface area contributed by atoms with Crippen molar-refractivity contribution in [1.82, 2.24) is 4.98 Å². The highest BCUT2D eigenvalue weighted by Gasteiger charge is 2.40. The molecule has 0 radical (unpaired) electrons. The van der Waals surface area contributed by atoms with Crippen molar-refractivity contribution in [3.05, 3.63) is 112 Å². The van der Waals surface area contributed by atoms with Crippen LogP contribution in [0.2, 0.25) is 0 Å². The van der Waals surface area contributed by atoms with Gasteiger partial charge in [-0.15, -0.1) is 10.9 Å². The average Bonchev–Trinajstić information content (AvgIpc) is 3.57. The van der Waals surface area contributed by atoms with E-state index in [4.69, 9.17) is 14.3 Å². The second-order valence-electron chi connectivity index (χ2n) is 9.33. The number of aliphatic imine (C=N–C) groups is 1.